The van der Waals surface area contributed by atoms with E-state index in [1.165, 1.54) is 0 Å². The number of carbonyl (C=O) groups excluding carboxylic acids is 1. The Kier molecular flexibility index (Phi) is 11.1. The molecule has 0 heterocycles. The summed E-state index contributed by atoms with van der Waals surface area (Å²) in [6.07, 6.45) is 0.432. The van der Waals surface area contributed by atoms with Crippen molar-refractivity contribution in [2.75, 3.05) is 13.1 Å². The lowest BCUT2D eigenvalue weighted by atomic mass is 10.1. The van der Waals surface area contributed by atoms with Gasteiger partial charge in [0.25, 0.3) is 0 Å². The van der Waals surface area contributed by atoms with Crippen LogP contribution in [0, 0.1) is 11.3 Å². The van der Waals surface area contributed by atoms with Crippen molar-refractivity contribution in [1.82, 2.24) is 16.0 Å². The van der Waals surface area contributed by atoms with Crippen LogP contribution in [0.25, 0.3) is 0 Å². The zero-order valence-corrected chi connectivity index (χ0v) is 13.5. The number of aliphatic carboxylic acids is 3. The van der Waals surface area contributed by atoms with Gasteiger partial charge in [0.2, 0.25) is 0 Å². The molecule has 0 aliphatic rings. The van der Waals surface area contributed by atoms with Gasteiger partial charge in [-0.05, 0) is 32.2 Å². The van der Waals surface area contributed by atoms with Crippen molar-refractivity contribution in [3.63, 3.8) is 0 Å². The topological polar surface area (TPSA) is 189 Å². The Morgan fingerprint density at radius 2 is 1.48 bits per heavy atom. The predicted molar refractivity (Wildman–Crippen MR) is 83.7 cm³/mol. The standard InChI is InChI=1S/C14H22N4O7/c15-6-8-16-7-2-1-3-9(12(21)22)17-14(25)18-10(13(23)24)4-5-11(19)20/h9-10,16H,1-5,7-8H2,(H,19,20)(H,21,22)(H,23,24)(H2,17,18,25). The van der Waals surface area contributed by atoms with E-state index in [9.17, 15) is 19.2 Å². The SMILES string of the molecule is N#CCNCCCCC(NC(=O)NC(CCC(=O)O)C(=O)O)C(=O)O. The van der Waals surface area contributed by atoms with Gasteiger partial charge in [-0.3, -0.25) is 4.79 Å². The summed E-state index contributed by atoms with van der Waals surface area (Å²) in [7, 11) is 0. The van der Waals surface area contributed by atoms with Gasteiger partial charge >= 0.3 is 23.9 Å². The first-order valence-electron chi connectivity index (χ1n) is 7.60. The van der Waals surface area contributed by atoms with Crippen molar-refractivity contribution in [2.45, 2.75) is 44.2 Å². The highest BCUT2D eigenvalue weighted by molar-refractivity contribution is 5.86. The van der Waals surface area contributed by atoms with Gasteiger partial charge in [-0.2, -0.15) is 5.26 Å². The molecule has 0 aliphatic carbocycles. The number of nitrogens with zero attached hydrogens (tertiary/aromatic N) is 1. The maximum Gasteiger partial charge on any atom is 0.326 e. The van der Waals surface area contributed by atoms with Crippen LogP contribution in [0.5, 0.6) is 0 Å². The minimum absolute atomic E-state index is 0.129. The van der Waals surface area contributed by atoms with Gasteiger partial charge in [-0.25, -0.2) is 14.4 Å². The molecule has 6 N–H and O–H groups in total. The van der Waals surface area contributed by atoms with Crippen molar-refractivity contribution >= 4 is 23.9 Å². The Morgan fingerprint density at radius 3 is 1.96 bits per heavy atom. The summed E-state index contributed by atoms with van der Waals surface area (Å²) in [6, 6.07) is -1.73. The molecular weight excluding hydrogens is 336 g/mol. The molecule has 0 radical (unpaired) electrons. The summed E-state index contributed by atoms with van der Waals surface area (Å²) in [4.78, 5) is 44.3. The highest BCUT2D eigenvalue weighted by atomic mass is 16.4. The smallest absolute Gasteiger partial charge is 0.326 e. The molecule has 2 atom stereocenters. The molecule has 0 spiro atoms. The van der Waals surface area contributed by atoms with Crippen LogP contribution in [-0.4, -0.2) is 64.4 Å². The van der Waals surface area contributed by atoms with E-state index in [-0.39, 0.29) is 19.4 Å². The second-order valence-corrected chi connectivity index (χ2v) is 5.16. The van der Waals surface area contributed by atoms with E-state index in [1.54, 1.807) is 0 Å². The van der Waals surface area contributed by atoms with Crippen LogP contribution in [0.15, 0.2) is 0 Å². The van der Waals surface area contributed by atoms with Gasteiger partial charge in [0.1, 0.15) is 12.1 Å². The third-order valence-electron chi connectivity index (χ3n) is 3.15. The summed E-state index contributed by atoms with van der Waals surface area (Å²) in [5.41, 5.74) is 0. The second kappa shape index (κ2) is 12.5. The van der Waals surface area contributed by atoms with Gasteiger partial charge in [0, 0.05) is 6.42 Å². The summed E-state index contributed by atoms with van der Waals surface area (Å²) in [6.45, 7) is 0.721. The lowest BCUT2D eigenvalue weighted by Crippen LogP contribution is -2.51. The Hall–Kier alpha value is -2.87. The largest absolute Gasteiger partial charge is 0.481 e. The fourth-order valence-corrected chi connectivity index (χ4v) is 1.88. The molecule has 0 saturated carbocycles. The van der Waals surface area contributed by atoms with E-state index in [4.69, 9.17) is 20.6 Å². The Morgan fingerprint density at radius 1 is 0.920 bits per heavy atom. The first kappa shape index (κ1) is 22.1. The number of urea groups is 1. The fraction of sp³-hybridized carbons (Fsp3) is 0.643. The zero-order chi connectivity index (χ0) is 19.2. The summed E-state index contributed by atoms with van der Waals surface area (Å²) >= 11 is 0. The maximum absolute atomic E-state index is 11.7. The normalized spacial score (nSPS) is 12.4. The Balaban J connectivity index is 4.37. The lowest BCUT2D eigenvalue weighted by Gasteiger charge is -2.18. The monoisotopic (exact) mass is 358 g/mol. The first-order chi connectivity index (χ1) is 11.8. The highest BCUT2D eigenvalue weighted by Crippen LogP contribution is 2.02. The van der Waals surface area contributed by atoms with Crippen molar-refractivity contribution in [3.05, 3.63) is 0 Å². The van der Waals surface area contributed by atoms with Gasteiger partial charge in [0.15, 0.2) is 0 Å². The number of hydrogen-bond donors (Lipinski definition) is 6. The molecule has 0 bridgehead atoms. The minimum atomic E-state index is -1.43. The third-order valence-corrected chi connectivity index (χ3v) is 3.15. The second-order valence-electron chi connectivity index (χ2n) is 5.16. The maximum atomic E-state index is 11.7. The van der Waals surface area contributed by atoms with Gasteiger partial charge < -0.3 is 31.3 Å². The highest BCUT2D eigenvalue weighted by Gasteiger charge is 2.24. The van der Waals surface area contributed by atoms with Crippen LogP contribution < -0.4 is 16.0 Å². The van der Waals surface area contributed by atoms with Crippen LogP contribution in [0.1, 0.15) is 32.1 Å². The molecule has 0 aromatic rings. The van der Waals surface area contributed by atoms with E-state index in [0.717, 1.165) is 0 Å². The number of nitrogens with one attached hydrogen (secondary N) is 3. The average Bonchev–Trinajstić information content (AvgIpc) is 2.52. The fourth-order valence-electron chi connectivity index (χ4n) is 1.88. The predicted octanol–water partition coefficient (Wildman–Crippen LogP) is -0.660. The minimum Gasteiger partial charge on any atom is -0.481 e. The molecule has 140 valence electrons. The molecule has 0 fully saturated rings. The number of rotatable bonds is 13. The number of carboxylic acid groups (broad SMARTS) is 3. The summed E-state index contributed by atoms with van der Waals surface area (Å²) in [5.74, 6) is -3.88. The molecule has 0 aliphatic heterocycles. The van der Waals surface area contributed by atoms with Gasteiger partial charge in [-0.15, -0.1) is 0 Å². The van der Waals surface area contributed by atoms with Crippen LogP contribution in [-0.2, 0) is 14.4 Å². The Bertz CT molecular complexity index is 518. The number of nitriles is 1. The number of carbonyl (C=O) groups is 4. The quantitative estimate of drug-likeness (QED) is 0.183. The molecule has 2 unspecified atom stereocenters. The van der Waals surface area contributed by atoms with Crippen molar-refractivity contribution in [1.29, 1.82) is 5.26 Å². The van der Waals surface area contributed by atoms with Crippen LogP contribution in [0.3, 0.4) is 0 Å². The van der Waals surface area contributed by atoms with Crippen LogP contribution in [0.2, 0.25) is 0 Å². The first-order valence-corrected chi connectivity index (χ1v) is 7.60. The summed E-state index contributed by atoms with van der Waals surface area (Å²) < 4.78 is 0. The molecule has 11 heteroatoms. The van der Waals surface area contributed by atoms with Crippen molar-refractivity contribution < 1.29 is 34.5 Å². The van der Waals surface area contributed by atoms with Crippen LogP contribution in [0.4, 0.5) is 4.79 Å². The molecule has 11 nitrogen and oxygen atoms in total. The van der Waals surface area contributed by atoms with E-state index in [0.29, 0.717) is 19.4 Å². The van der Waals surface area contributed by atoms with Crippen LogP contribution >= 0.6 is 0 Å². The van der Waals surface area contributed by atoms with Crippen molar-refractivity contribution in [3.8, 4) is 6.07 Å². The number of unbranched alkanes of at least 4 members (excludes halogenated alkanes) is 1. The molecule has 2 amide bonds. The van der Waals surface area contributed by atoms with E-state index in [2.05, 4.69) is 16.0 Å². The lowest BCUT2D eigenvalue weighted by molar-refractivity contribution is -0.140. The molecule has 0 aromatic carbocycles. The number of amides is 2. The molecule has 0 aromatic heterocycles. The van der Waals surface area contributed by atoms with E-state index >= 15 is 0 Å². The van der Waals surface area contributed by atoms with Gasteiger partial charge in [-0.1, -0.05) is 0 Å². The third kappa shape index (κ3) is 11.3. The molecular formula is C14H22N4O7. The molecule has 25 heavy (non-hydrogen) atoms. The number of carboxylic acids is 3. The van der Waals surface area contributed by atoms with E-state index in [1.807, 2.05) is 6.07 Å². The molecule has 0 rings (SSSR count). The van der Waals surface area contributed by atoms with E-state index < -0.39 is 42.4 Å². The van der Waals surface area contributed by atoms with Gasteiger partial charge in [0.05, 0.1) is 12.6 Å². The molecule has 0 saturated heterocycles. The summed E-state index contributed by atoms with van der Waals surface area (Å²) in [5, 5.41) is 41.9. The average molecular weight is 358 g/mol. The van der Waals surface area contributed by atoms with Crippen molar-refractivity contribution in [2.24, 2.45) is 0 Å². The zero-order valence-electron chi connectivity index (χ0n) is 13.5. The number of hydrogen-bond acceptors (Lipinski definition) is 6. The Labute approximate surface area is 144 Å².